The Hall–Kier alpha value is -1.10. The fourth-order valence-corrected chi connectivity index (χ4v) is 3.51. The van der Waals surface area contributed by atoms with E-state index in [2.05, 4.69) is 29.7 Å². The SMILES string of the molecule is CCN(CC)CCN(Cc1cccc(O)c1)C1CCC(O)CC1. The second-order valence-corrected chi connectivity index (χ2v) is 6.63. The largest absolute Gasteiger partial charge is 0.508 e. The van der Waals surface area contributed by atoms with E-state index in [4.69, 9.17) is 0 Å². The standard InChI is InChI=1S/C19H32N2O2/c1-3-20(4-2)12-13-21(17-8-10-18(22)11-9-17)15-16-6-5-7-19(23)14-16/h5-7,14,17-18,22-23H,3-4,8-13,15H2,1-2H3. The summed E-state index contributed by atoms with van der Waals surface area (Å²) in [5.41, 5.74) is 1.16. The van der Waals surface area contributed by atoms with Crippen molar-refractivity contribution in [3.63, 3.8) is 0 Å². The molecule has 2 rings (SSSR count). The van der Waals surface area contributed by atoms with Gasteiger partial charge in [-0.15, -0.1) is 0 Å². The van der Waals surface area contributed by atoms with Gasteiger partial charge in [0.25, 0.3) is 0 Å². The molecule has 0 heterocycles. The third-order valence-corrected chi connectivity index (χ3v) is 5.08. The zero-order valence-electron chi connectivity index (χ0n) is 14.6. The molecule has 4 heteroatoms. The summed E-state index contributed by atoms with van der Waals surface area (Å²) in [5, 5.41) is 19.5. The normalized spacial score (nSPS) is 22.0. The zero-order chi connectivity index (χ0) is 16.7. The highest BCUT2D eigenvalue weighted by molar-refractivity contribution is 5.27. The number of phenolic OH excluding ortho intramolecular Hbond substituents is 1. The summed E-state index contributed by atoms with van der Waals surface area (Å²) >= 11 is 0. The molecule has 0 unspecified atom stereocenters. The number of nitrogens with zero attached hydrogens (tertiary/aromatic N) is 2. The first-order valence-electron chi connectivity index (χ1n) is 9.04. The van der Waals surface area contributed by atoms with Gasteiger partial charge in [0.2, 0.25) is 0 Å². The lowest BCUT2D eigenvalue weighted by Gasteiger charge is -2.37. The molecular weight excluding hydrogens is 288 g/mol. The van der Waals surface area contributed by atoms with Crippen LogP contribution in [0.5, 0.6) is 5.75 Å². The van der Waals surface area contributed by atoms with Crippen molar-refractivity contribution in [3.8, 4) is 5.75 Å². The first-order valence-corrected chi connectivity index (χ1v) is 9.04. The van der Waals surface area contributed by atoms with Crippen LogP contribution < -0.4 is 0 Å². The molecule has 0 radical (unpaired) electrons. The number of aliphatic hydroxyl groups excluding tert-OH is 1. The quantitative estimate of drug-likeness (QED) is 0.773. The van der Waals surface area contributed by atoms with E-state index in [0.29, 0.717) is 11.8 Å². The van der Waals surface area contributed by atoms with Crippen molar-refractivity contribution < 1.29 is 10.2 Å². The van der Waals surface area contributed by atoms with Gasteiger partial charge in [0.05, 0.1) is 6.10 Å². The van der Waals surface area contributed by atoms with Gasteiger partial charge in [0.15, 0.2) is 0 Å². The van der Waals surface area contributed by atoms with Gasteiger partial charge in [-0.05, 0) is 56.5 Å². The Bertz CT molecular complexity index is 454. The number of hydrogen-bond donors (Lipinski definition) is 2. The summed E-state index contributed by atoms with van der Waals surface area (Å²) in [6, 6.07) is 8.12. The molecule has 23 heavy (non-hydrogen) atoms. The summed E-state index contributed by atoms with van der Waals surface area (Å²) in [4.78, 5) is 4.99. The van der Waals surface area contributed by atoms with Gasteiger partial charge in [-0.3, -0.25) is 4.90 Å². The van der Waals surface area contributed by atoms with Crippen molar-refractivity contribution in [2.24, 2.45) is 0 Å². The highest BCUT2D eigenvalue weighted by Crippen LogP contribution is 2.25. The van der Waals surface area contributed by atoms with Crippen molar-refractivity contribution in [2.45, 2.75) is 58.2 Å². The smallest absolute Gasteiger partial charge is 0.115 e. The van der Waals surface area contributed by atoms with Crippen LogP contribution >= 0.6 is 0 Å². The Morgan fingerprint density at radius 1 is 1.04 bits per heavy atom. The molecule has 4 nitrogen and oxygen atoms in total. The molecule has 0 bridgehead atoms. The van der Waals surface area contributed by atoms with Crippen molar-refractivity contribution >= 4 is 0 Å². The van der Waals surface area contributed by atoms with E-state index in [1.54, 1.807) is 6.07 Å². The Labute approximate surface area is 140 Å². The minimum absolute atomic E-state index is 0.114. The lowest BCUT2D eigenvalue weighted by molar-refractivity contribution is 0.0651. The molecule has 2 N–H and O–H groups in total. The summed E-state index contributed by atoms with van der Waals surface area (Å²) in [5.74, 6) is 0.338. The fraction of sp³-hybridized carbons (Fsp3) is 0.684. The van der Waals surface area contributed by atoms with E-state index in [9.17, 15) is 10.2 Å². The monoisotopic (exact) mass is 320 g/mol. The summed E-state index contributed by atoms with van der Waals surface area (Å²) in [6.45, 7) is 9.57. The Balaban J connectivity index is 2.01. The third-order valence-electron chi connectivity index (χ3n) is 5.08. The zero-order valence-corrected chi connectivity index (χ0v) is 14.6. The van der Waals surface area contributed by atoms with E-state index < -0.39 is 0 Å². The number of benzene rings is 1. The molecule has 1 aliphatic rings. The second-order valence-electron chi connectivity index (χ2n) is 6.63. The van der Waals surface area contributed by atoms with E-state index in [-0.39, 0.29) is 6.10 Å². The van der Waals surface area contributed by atoms with Crippen LogP contribution in [0.15, 0.2) is 24.3 Å². The molecule has 1 saturated carbocycles. The molecule has 1 aromatic rings. The Kier molecular flexibility index (Phi) is 7.34. The second kappa shape index (κ2) is 9.26. The number of phenols is 1. The number of hydrogen-bond acceptors (Lipinski definition) is 4. The van der Waals surface area contributed by atoms with Crippen LogP contribution in [0.4, 0.5) is 0 Å². The van der Waals surface area contributed by atoms with E-state index in [0.717, 1.165) is 64.0 Å². The summed E-state index contributed by atoms with van der Waals surface area (Å²) in [6.07, 6.45) is 3.84. The minimum atomic E-state index is -0.114. The predicted octanol–water partition coefficient (Wildman–Crippen LogP) is 2.84. The van der Waals surface area contributed by atoms with Gasteiger partial charge in [-0.2, -0.15) is 0 Å². The Morgan fingerprint density at radius 2 is 1.74 bits per heavy atom. The van der Waals surface area contributed by atoms with Gasteiger partial charge in [-0.1, -0.05) is 26.0 Å². The van der Waals surface area contributed by atoms with Gasteiger partial charge in [-0.25, -0.2) is 0 Å². The van der Waals surface area contributed by atoms with Crippen LogP contribution in [0.25, 0.3) is 0 Å². The molecule has 0 atom stereocenters. The molecule has 0 aliphatic heterocycles. The van der Waals surface area contributed by atoms with Crippen molar-refractivity contribution in [2.75, 3.05) is 26.2 Å². The predicted molar refractivity (Wildman–Crippen MR) is 94.6 cm³/mol. The summed E-state index contributed by atoms with van der Waals surface area (Å²) in [7, 11) is 0. The molecule has 1 fully saturated rings. The lowest BCUT2D eigenvalue weighted by atomic mass is 9.91. The maximum atomic E-state index is 9.77. The number of rotatable bonds is 8. The van der Waals surface area contributed by atoms with Gasteiger partial charge in [0, 0.05) is 25.7 Å². The van der Waals surface area contributed by atoms with Gasteiger partial charge >= 0.3 is 0 Å². The lowest BCUT2D eigenvalue weighted by Crippen LogP contribution is -2.43. The topological polar surface area (TPSA) is 46.9 Å². The van der Waals surface area contributed by atoms with Crippen LogP contribution in [0, 0.1) is 0 Å². The van der Waals surface area contributed by atoms with Crippen LogP contribution in [0.2, 0.25) is 0 Å². The number of aromatic hydroxyl groups is 1. The van der Waals surface area contributed by atoms with Gasteiger partial charge in [0.1, 0.15) is 5.75 Å². The number of aliphatic hydroxyl groups is 1. The third kappa shape index (κ3) is 5.79. The first-order chi connectivity index (χ1) is 11.1. The van der Waals surface area contributed by atoms with E-state index in [1.165, 1.54) is 0 Å². The Morgan fingerprint density at radius 3 is 2.35 bits per heavy atom. The van der Waals surface area contributed by atoms with Crippen molar-refractivity contribution in [3.05, 3.63) is 29.8 Å². The van der Waals surface area contributed by atoms with Crippen LogP contribution in [0.1, 0.15) is 45.1 Å². The highest BCUT2D eigenvalue weighted by atomic mass is 16.3. The maximum absolute atomic E-state index is 9.77. The molecular formula is C19H32N2O2. The summed E-state index contributed by atoms with van der Waals surface area (Å²) < 4.78 is 0. The number of likely N-dealkylation sites (N-methyl/N-ethyl adjacent to an activating group) is 1. The van der Waals surface area contributed by atoms with Gasteiger partial charge < -0.3 is 15.1 Å². The molecule has 0 aromatic heterocycles. The molecule has 1 aromatic carbocycles. The fourth-order valence-electron chi connectivity index (χ4n) is 3.51. The van der Waals surface area contributed by atoms with Crippen LogP contribution in [-0.2, 0) is 6.54 Å². The van der Waals surface area contributed by atoms with E-state index >= 15 is 0 Å². The molecule has 1 aliphatic carbocycles. The average molecular weight is 320 g/mol. The van der Waals surface area contributed by atoms with Crippen LogP contribution in [0.3, 0.4) is 0 Å². The molecule has 0 amide bonds. The molecule has 0 saturated heterocycles. The average Bonchev–Trinajstić information content (AvgIpc) is 2.55. The van der Waals surface area contributed by atoms with E-state index in [1.807, 2.05) is 12.1 Å². The first kappa shape index (κ1) is 18.2. The molecule has 0 spiro atoms. The van der Waals surface area contributed by atoms with Crippen LogP contribution in [-0.4, -0.2) is 58.3 Å². The highest BCUT2D eigenvalue weighted by Gasteiger charge is 2.25. The minimum Gasteiger partial charge on any atom is -0.508 e. The van der Waals surface area contributed by atoms with Crippen molar-refractivity contribution in [1.82, 2.24) is 9.80 Å². The maximum Gasteiger partial charge on any atom is 0.115 e. The molecule has 130 valence electrons. The van der Waals surface area contributed by atoms with Crippen molar-refractivity contribution in [1.29, 1.82) is 0 Å².